The van der Waals surface area contributed by atoms with Crippen LogP contribution in [0.1, 0.15) is 17.3 Å². The van der Waals surface area contributed by atoms with Crippen LogP contribution in [0.5, 0.6) is 11.5 Å². The third-order valence-electron chi connectivity index (χ3n) is 2.96. The number of ether oxygens (including phenoxy) is 2. The molecule has 0 aromatic heterocycles. The first-order valence-corrected chi connectivity index (χ1v) is 6.76. The number of hydrogen-bond acceptors (Lipinski definition) is 4. The van der Waals surface area contributed by atoms with E-state index in [0.29, 0.717) is 22.7 Å². The SMILES string of the molecule is COc1cccc(OCC(=O)Nc2cccc(C(C)=O)c2)c1. The first-order chi connectivity index (χ1) is 10.6. The number of Topliss-reactive ketones (excluding diaryl/α,β-unsaturated/α-hetero) is 1. The van der Waals surface area contributed by atoms with E-state index in [9.17, 15) is 9.59 Å². The van der Waals surface area contributed by atoms with Crippen molar-refractivity contribution in [2.24, 2.45) is 0 Å². The second kappa shape index (κ2) is 7.26. The fourth-order valence-corrected chi connectivity index (χ4v) is 1.85. The molecule has 0 aliphatic heterocycles. The van der Waals surface area contributed by atoms with Crippen LogP contribution in [-0.4, -0.2) is 25.4 Å². The molecule has 0 bridgehead atoms. The van der Waals surface area contributed by atoms with Crippen molar-refractivity contribution < 1.29 is 19.1 Å². The van der Waals surface area contributed by atoms with Crippen LogP contribution in [-0.2, 0) is 4.79 Å². The fourth-order valence-electron chi connectivity index (χ4n) is 1.85. The van der Waals surface area contributed by atoms with E-state index in [0.717, 1.165) is 0 Å². The monoisotopic (exact) mass is 299 g/mol. The van der Waals surface area contributed by atoms with E-state index in [1.54, 1.807) is 55.6 Å². The lowest BCUT2D eigenvalue weighted by Gasteiger charge is -2.09. The zero-order valence-corrected chi connectivity index (χ0v) is 12.5. The summed E-state index contributed by atoms with van der Waals surface area (Å²) < 4.78 is 10.5. The van der Waals surface area contributed by atoms with Gasteiger partial charge in [-0.2, -0.15) is 0 Å². The molecule has 2 aromatic carbocycles. The Bertz CT molecular complexity index is 682. The third kappa shape index (κ3) is 4.34. The van der Waals surface area contributed by atoms with E-state index in [1.165, 1.54) is 6.92 Å². The third-order valence-corrected chi connectivity index (χ3v) is 2.96. The Kier molecular flexibility index (Phi) is 5.14. The maximum Gasteiger partial charge on any atom is 0.262 e. The number of hydrogen-bond donors (Lipinski definition) is 1. The smallest absolute Gasteiger partial charge is 0.262 e. The summed E-state index contributed by atoms with van der Waals surface area (Å²) in [5, 5.41) is 2.69. The summed E-state index contributed by atoms with van der Waals surface area (Å²) in [6.07, 6.45) is 0. The normalized spacial score (nSPS) is 9.91. The predicted octanol–water partition coefficient (Wildman–Crippen LogP) is 2.92. The van der Waals surface area contributed by atoms with Gasteiger partial charge in [-0.3, -0.25) is 9.59 Å². The number of rotatable bonds is 6. The molecule has 1 amide bonds. The van der Waals surface area contributed by atoms with Crippen molar-refractivity contribution in [1.82, 2.24) is 0 Å². The van der Waals surface area contributed by atoms with Gasteiger partial charge in [0, 0.05) is 17.3 Å². The largest absolute Gasteiger partial charge is 0.497 e. The van der Waals surface area contributed by atoms with Crippen LogP contribution >= 0.6 is 0 Å². The van der Waals surface area contributed by atoms with Gasteiger partial charge in [-0.05, 0) is 31.2 Å². The second-order valence-electron chi connectivity index (χ2n) is 4.65. The van der Waals surface area contributed by atoms with Crippen LogP contribution in [0.3, 0.4) is 0 Å². The molecule has 0 aliphatic rings. The quantitative estimate of drug-likeness (QED) is 0.833. The van der Waals surface area contributed by atoms with Crippen LogP contribution in [0, 0.1) is 0 Å². The molecule has 114 valence electrons. The van der Waals surface area contributed by atoms with Gasteiger partial charge in [0.15, 0.2) is 12.4 Å². The lowest BCUT2D eigenvalue weighted by molar-refractivity contribution is -0.118. The number of methoxy groups -OCH3 is 1. The minimum atomic E-state index is -0.302. The highest BCUT2D eigenvalue weighted by Crippen LogP contribution is 2.18. The molecule has 5 nitrogen and oxygen atoms in total. The highest BCUT2D eigenvalue weighted by Gasteiger charge is 2.06. The lowest BCUT2D eigenvalue weighted by atomic mass is 10.1. The molecule has 0 heterocycles. The molecule has 0 aliphatic carbocycles. The molecule has 0 radical (unpaired) electrons. The average Bonchev–Trinajstić information content (AvgIpc) is 2.53. The van der Waals surface area contributed by atoms with Crippen LogP contribution < -0.4 is 14.8 Å². The van der Waals surface area contributed by atoms with Crippen LogP contribution in [0.25, 0.3) is 0 Å². The van der Waals surface area contributed by atoms with E-state index in [2.05, 4.69) is 5.32 Å². The van der Waals surface area contributed by atoms with Crippen molar-refractivity contribution in [3.63, 3.8) is 0 Å². The van der Waals surface area contributed by atoms with Crippen molar-refractivity contribution in [3.8, 4) is 11.5 Å². The molecular weight excluding hydrogens is 282 g/mol. The minimum absolute atomic E-state index is 0.0521. The molecule has 0 atom stereocenters. The second-order valence-corrected chi connectivity index (χ2v) is 4.65. The van der Waals surface area contributed by atoms with Crippen LogP contribution in [0.15, 0.2) is 48.5 Å². The number of nitrogens with one attached hydrogen (secondary N) is 1. The summed E-state index contributed by atoms with van der Waals surface area (Å²) in [6.45, 7) is 1.35. The molecule has 0 saturated carbocycles. The molecule has 1 N–H and O–H groups in total. The highest BCUT2D eigenvalue weighted by molar-refractivity contribution is 5.97. The Morgan fingerprint density at radius 1 is 1.05 bits per heavy atom. The molecule has 0 spiro atoms. The van der Waals surface area contributed by atoms with Gasteiger partial charge in [0.05, 0.1) is 7.11 Å². The van der Waals surface area contributed by atoms with Crippen molar-refractivity contribution in [2.75, 3.05) is 19.0 Å². The van der Waals surface area contributed by atoms with Crippen molar-refractivity contribution in [3.05, 3.63) is 54.1 Å². The summed E-state index contributed by atoms with van der Waals surface area (Å²) in [4.78, 5) is 23.2. The van der Waals surface area contributed by atoms with Gasteiger partial charge in [-0.1, -0.05) is 18.2 Å². The van der Waals surface area contributed by atoms with Gasteiger partial charge in [0.1, 0.15) is 11.5 Å². The van der Waals surface area contributed by atoms with E-state index in [4.69, 9.17) is 9.47 Å². The fraction of sp³-hybridized carbons (Fsp3) is 0.176. The van der Waals surface area contributed by atoms with Crippen molar-refractivity contribution in [2.45, 2.75) is 6.92 Å². The predicted molar refractivity (Wildman–Crippen MR) is 83.6 cm³/mol. The zero-order valence-electron chi connectivity index (χ0n) is 12.5. The van der Waals surface area contributed by atoms with Gasteiger partial charge in [-0.15, -0.1) is 0 Å². The molecule has 2 aromatic rings. The molecule has 5 heteroatoms. The van der Waals surface area contributed by atoms with Crippen LogP contribution in [0.4, 0.5) is 5.69 Å². The highest BCUT2D eigenvalue weighted by atomic mass is 16.5. The summed E-state index contributed by atoms with van der Waals surface area (Å²) >= 11 is 0. The Hall–Kier alpha value is -2.82. The molecule has 0 unspecified atom stereocenters. The van der Waals surface area contributed by atoms with Gasteiger partial charge in [0.25, 0.3) is 5.91 Å². The minimum Gasteiger partial charge on any atom is -0.497 e. The van der Waals surface area contributed by atoms with Gasteiger partial charge in [-0.25, -0.2) is 0 Å². The summed E-state index contributed by atoms with van der Waals surface area (Å²) in [5.41, 5.74) is 1.11. The van der Waals surface area contributed by atoms with E-state index in [-0.39, 0.29) is 18.3 Å². The number of anilines is 1. The Morgan fingerprint density at radius 3 is 2.50 bits per heavy atom. The van der Waals surface area contributed by atoms with E-state index in [1.807, 2.05) is 0 Å². The molecule has 22 heavy (non-hydrogen) atoms. The van der Waals surface area contributed by atoms with Gasteiger partial charge >= 0.3 is 0 Å². The average molecular weight is 299 g/mol. The Labute approximate surface area is 128 Å². The summed E-state index contributed by atoms with van der Waals surface area (Å²) in [6, 6.07) is 13.8. The zero-order chi connectivity index (χ0) is 15.9. The lowest BCUT2D eigenvalue weighted by Crippen LogP contribution is -2.20. The van der Waals surface area contributed by atoms with Gasteiger partial charge < -0.3 is 14.8 Å². The molecular formula is C17H17NO4. The van der Waals surface area contributed by atoms with E-state index >= 15 is 0 Å². The first kappa shape index (κ1) is 15.6. The standard InChI is InChI=1S/C17H17NO4/c1-12(19)13-5-3-6-14(9-13)18-17(20)11-22-16-8-4-7-15(10-16)21-2/h3-10H,11H2,1-2H3,(H,18,20). The molecule has 2 rings (SSSR count). The summed E-state index contributed by atoms with van der Waals surface area (Å²) in [5.74, 6) is 0.853. The molecule has 0 fully saturated rings. The Balaban J connectivity index is 1.92. The Morgan fingerprint density at radius 2 is 1.77 bits per heavy atom. The number of carbonyl (C=O) groups excluding carboxylic acids is 2. The number of ketones is 1. The van der Waals surface area contributed by atoms with Gasteiger partial charge in [0.2, 0.25) is 0 Å². The van der Waals surface area contributed by atoms with Crippen molar-refractivity contribution >= 4 is 17.4 Å². The van der Waals surface area contributed by atoms with Crippen molar-refractivity contribution in [1.29, 1.82) is 0 Å². The number of amides is 1. The molecule has 0 saturated heterocycles. The maximum absolute atomic E-state index is 11.9. The topological polar surface area (TPSA) is 64.6 Å². The maximum atomic E-state index is 11.9. The first-order valence-electron chi connectivity index (χ1n) is 6.76. The number of benzene rings is 2. The summed E-state index contributed by atoms with van der Waals surface area (Å²) in [7, 11) is 1.56. The number of carbonyl (C=O) groups is 2. The van der Waals surface area contributed by atoms with E-state index < -0.39 is 0 Å². The van der Waals surface area contributed by atoms with Crippen LogP contribution in [0.2, 0.25) is 0 Å².